The van der Waals surface area contributed by atoms with Gasteiger partial charge in [-0.1, -0.05) is 6.07 Å². The fourth-order valence-corrected chi connectivity index (χ4v) is 2.50. The van der Waals surface area contributed by atoms with Gasteiger partial charge in [0.25, 0.3) is 0 Å². The largest absolute Gasteiger partial charge is 0.481 e. The Labute approximate surface area is 108 Å². The predicted octanol–water partition coefficient (Wildman–Crippen LogP) is 2.59. The first-order chi connectivity index (χ1) is 8.29. The zero-order valence-corrected chi connectivity index (χ0v) is 11.0. The molecule has 17 heavy (non-hydrogen) atoms. The molecule has 0 aliphatic heterocycles. The number of ether oxygens (including phenoxy) is 1. The van der Waals surface area contributed by atoms with E-state index >= 15 is 0 Å². The van der Waals surface area contributed by atoms with Gasteiger partial charge in [-0.3, -0.25) is 0 Å². The lowest BCUT2D eigenvalue weighted by molar-refractivity contribution is 0.386. The van der Waals surface area contributed by atoms with Crippen LogP contribution < -0.4 is 10.1 Å². The number of nitrogens with zero attached hydrogens (tertiary/aromatic N) is 1. The van der Waals surface area contributed by atoms with E-state index < -0.39 is 0 Å². The second kappa shape index (κ2) is 5.69. The fraction of sp³-hybridized carbons (Fsp3) is 0.615. The molecule has 3 nitrogen and oxygen atoms in total. The van der Waals surface area contributed by atoms with Gasteiger partial charge in [-0.2, -0.15) is 0 Å². The highest BCUT2D eigenvalue weighted by molar-refractivity contribution is 6.17. The highest BCUT2D eigenvalue weighted by Gasteiger charge is 2.41. The smallest absolute Gasteiger partial charge is 0.217 e. The molecule has 0 saturated heterocycles. The van der Waals surface area contributed by atoms with Crippen molar-refractivity contribution in [3.05, 3.63) is 23.9 Å². The van der Waals surface area contributed by atoms with Gasteiger partial charge in [0.2, 0.25) is 5.88 Å². The van der Waals surface area contributed by atoms with Gasteiger partial charge < -0.3 is 10.1 Å². The van der Waals surface area contributed by atoms with Crippen LogP contribution in [0.4, 0.5) is 0 Å². The van der Waals surface area contributed by atoms with Crippen molar-refractivity contribution >= 4 is 11.6 Å². The lowest BCUT2D eigenvalue weighted by Gasteiger charge is -2.15. The third kappa shape index (κ3) is 3.33. The van der Waals surface area contributed by atoms with Gasteiger partial charge in [0.15, 0.2) is 0 Å². The van der Waals surface area contributed by atoms with Crippen LogP contribution in [0, 0.1) is 5.41 Å². The van der Waals surface area contributed by atoms with Crippen LogP contribution in [-0.2, 0) is 6.54 Å². The average molecular weight is 255 g/mol. The quantitative estimate of drug-likeness (QED) is 0.760. The normalized spacial score (nSPS) is 16.8. The number of alkyl halides is 1. The lowest BCUT2D eigenvalue weighted by atomic mass is 10.0. The number of rotatable bonds is 7. The van der Waals surface area contributed by atoms with E-state index in [9.17, 15) is 0 Å². The average Bonchev–Trinajstić information content (AvgIpc) is 3.10. The first-order valence-corrected chi connectivity index (χ1v) is 6.58. The van der Waals surface area contributed by atoms with Crippen LogP contribution in [-0.4, -0.2) is 24.5 Å². The van der Waals surface area contributed by atoms with Gasteiger partial charge in [-0.05, 0) is 30.7 Å². The predicted molar refractivity (Wildman–Crippen MR) is 69.5 cm³/mol. The van der Waals surface area contributed by atoms with Crippen LogP contribution in [0.1, 0.15) is 24.8 Å². The van der Waals surface area contributed by atoms with Crippen molar-refractivity contribution in [1.82, 2.24) is 10.3 Å². The number of halogens is 1. The molecular formula is C13H19ClN2O. The Hall–Kier alpha value is -0.800. The van der Waals surface area contributed by atoms with Crippen molar-refractivity contribution < 1.29 is 4.74 Å². The SMILES string of the molecule is COc1ncccc1CNCC1(CCCl)CC1. The molecule has 1 aromatic heterocycles. The van der Waals surface area contributed by atoms with Crippen LogP contribution >= 0.6 is 11.6 Å². The minimum absolute atomic E-state index is 0.469. The van der Waals surface area contributed by atoms with Crippen molar-refractivity contribution in [2.24, 2.45) is 5.41 Å². The summed E-state index contributed by atoms with van der Waals surface area (Å²) in [6, 6.07) is 3.98. The number of aromatic nitrogens is 1. The zero-order chi connectivity index (χ0) is 12.1. The second-order valence-corrected chi connectivity index (χ2v) is 5.09. The Morgan fingerprint density at radius 1 is 1.53 bits per heavy atom. The third-order valence-electron chi connectivity index (χ3n) is 3.44. The summed E-state index contributed by atoms with van der Waals surface area (Å²) in [4.78, 5) is 4.18. The molecule has 0 unspecified atom stereocenters. The molecule has 1 heterocycles. The fourth-order valence-electron chi connectivity index (χ4n) is 2.10. The molecule has 0 spiro atoms. The van der Waals surface area contributed by atoms with Gasteiger partial charge in [-0.15, -0.1) is 11.6 Å². The molecule has 0 atom stereocenters. The molecule has 0 radical (unpaired) electrons. The van der Waals surface area contributed by atoms with Crippen molar-refractivity contribution in [3.63, 3.8) is 0 Å². The molecule has 4 heteroatoms. The van der Waals surface area contributed by atoms with E-state index in [-0.39, 0.29) is 0 Å². The molecule has 1 aliphatic rings. The Morgan fingerprint density at radius 3 is 3.00 bits per heavy atom. The highest BCUT2D eigenvalue weighted by atomic mass is 35.5. The van der Waals surface area contributed by atoms with E-state index in [1.165, 1.54) is 12.8 Å². The summed E-state index contributed by atoms with van der Waals surface area (Å²) in [5.41, 5.74) is 1.58. The van der Waals surface area contributed by atoms with Crippen molar-refractivity contribution in [2.75, 3.05) is 19.5 Å². The van der Waals surface area contributed by atoms with E-state index in [4.69, 9.17) is 16.3 Å². The minimum Gasteiger partial charge on any atom is -0.481 e. The summed E-state index contributed by atoms with van der Waals surface area (Å²) >= 11 is 5.81. The zero-order valence-electron chi connectivity index (χ0n) is 10.2. The summed E-state index contributed by atoms with van der Waals surface area (Å²) in [5.74, 6) is 1.47. The highest BCUT2D eigenvalue weighted by Crippen LogP contribution is 2.48. The van der Waals surface area contributed by atoms with Crippen molar-refractivity contribution in [3.8, 4) is 5.88 Å². The molecule has 1 aliphatic carbocycles. The van der Waals surface area contributed by atoms with Gasteiger partial charge in [0.1, 0.15) is 0 Å². The molecule has 1 N–H and O–H groups in total. The molecule has 0 aromatic carbocycles. The minimum atomic E-state index is 0.469. The maximum atomic E-state index is 5.81. The maximum Gasteiger partial charge on any atom is 0.217 e. The van der Waals surface area contributed by atoms with Crippen LogP contribution in [0.5, 0.6) is 5.88 Å². The van der Waals surface area contributed by atoms with Crippen molar-refractivity contribution in [2.45, 2.75) is 25.8 Å². The molecular weight excluding hydrogens is 236 g/mol. The second-order valence-electron chi connectivity index (χ2n) is 4.71. The summed E-state index contributed by atoms with van der Waals surface area (Å²) < 4.78 is 5.22. The monoisotopic (exact) mass is 254 g/mol. The van der Waals surface area contributed by atoms with Gasteiger partial charge in [0, 0.05) is 30.7 Å². The van der Waals surface area contributed by atoms with Gasteiger partial charge >= 0.3 is 0 Å². The van der Waals surface area contributed by atoms with Crippen LogP contribution in [0.25, 0.3) is 0 Å². The Balaban J connectivity index is 1.82. The van der Waals surface area contributed by atoms with E-state index in [0.717, 1.165) is 31.0 Å². The van der Waals surface area contributed by atoms with Crippen LogP contribution in [0.3, 0.4) is 0 Å². The summed E-state index contributed by atoms with van der Waals surface area (Å²) in [5, 5.41) is 3.49. The van der Waals surface area contributed by atoms with E-state index in [1.807, 2.05) is 12.1 Å². The summed E-state index contributed by atoms with van der Waals surface area (Å²) in [6.45, 7) is 1.85. The molecule has 0 bridgehead atoms. The number of methoxy groups -OCH3 is 1. The number of nitrogens with one attached hydrogen (secondary N) is 1. The number of pyridine rings is 1. The topological polar surface area (TPSA) is 34.1 Å². The van der Waals surface area contributed by atoms with Crippen LogP contribution in [0.15, 0.2) is 18.3 Å². The molecule has 1 aromatic rings. The summed E-state index contributed by atoms with van der Waals surface area (Å²) in [6.07, 6.45) is 5.47. The summed E-state index contributed by atoms with van der Waals surface area (Å²) in [7, 11) is 1.65. The lowest BCUT2D eigenvalue weighted by Crippen LogP contribution is -2.24. The third-order valence-corrected chi connectivity index (χ3v) is 3.63. The van der Waals surface area contributed by atoms with E-state index in [1.54, 1.807) is 13.3 Å². The number of hydrogen-bond donors (Lipinski definition) is 1. The standard InChI is InChI=1S/C13H19ClN2O/c1-17-12-11(3-2-8-16-12)9-15-10-13(4-5-13)6-7-14/h2-3,8,15H,4-7,9-10H2,1H3. The maximum absolute atomic E-state index is 5.81. The Kier molecular flexibility index (Phi) is 4.24. The van der Waals surface area contributed by atoms with Gasteiger partial charge in [-0.25, -0.2) is 4.98 Å². The Bertz CT molecular complexity index is 366. The van der Waals surface area contributed by atoms with E-state index in [2.05, 4.69) is 10.3 Å². The Morgan fingerprint density at radius 2 is 2.35 bits per heavy atom. The van der Waals surface area contributed by atoms with Crippen molar-refractivity contribution in [1.29, 1.82) is 0 Å². The van der Waals surface area contributed by atoms with E-state index in [0.29, 0.717) is 11.3 Å². The molecule has 0 amide bonds. The molecule has 94 valence electrons. The molecule has 2 rings (SSSR count). The van der Waals surface area contributed by atoms with Crippen LogP contribution in [0.2, 0.25) is 0 Å². The molecule has 1 saturated carbocycles. The number of hydrogen-bond acceptors (Lipinski definition) is 3. The first kappa shape index (κ1) is 12.7. The first-order valence-electron chi connectivity index (χ1n) is 6.04. The molecule has 1 fully saturated rings. The van der Waals surface area contributed by atoms with Gasteiger partial charge in [0.05, 0.1) is 7.11 Å².